The highest BCUT2D eigenvalue weighted by Gasteiger charge is 2.24. The lowest BCUT2D eigenvalue weighted by Gasteiger charge is -2.36. The van der Waals surface area contributed by atoms with E-state index >= 15 is 0 Å². The van der Waals surface area contributed by atoms with Gasteiger partial charge in [-0.1, -0.05) is 12.1 Å². The summed E-state index contributed by atoms with van der Waals surface area (Å²) in [5.74, 6) is 0.683. The van der Waals surface area contributed by atoms with Crippen LogP contribution in [-0.2, 0) is 22.5 Å². The first-order valence-corrected chi connectivity index (χ1v) is 13.7. The second kappa shape index (κ2) is 10.7. The standard InChI is InChI=1S/C31H32N6O3/c1-19-17-36(18-20(2)40-19)30-6-4-5-26(35-30)27-10-9-24-15-32-25(14-28(24)34-27)16-33-31(39)23-8-7-22-11-12-37(21(3)38)29(22)13-23/h4-10,13-15,19-20H,11-12,16-18H2,1-3H3,(H,33,39)/t19-,20+. The fourth-order valence-corrected chi connectivity index (χ4v) is 5.52. The molecule has 0 saturated carbocycles. The number of hydrogen-bond acceptors (Lipinski definition) is 7. The van der Waals surface area contributed by atoms with Gasteiger partial charge in [0.25, 0.3) is 5.91 Å². The normalized spacial score (nSPS) is 18.6. The molecule has 2 amide bonds. The molecule has 5 heterocycles. The fourth-order valence-electron chi connectivity index (χ4n) is 5.52. The molecule has 4 aromatic rings. The van der Waals surface area contributed by atoms with Gasteiger partial charge in [0.1, 0.15) is 5.82 Å². The maximum Gasteiger partial charge on any atom is 0.251 e. The number of nitrogens with zero attached hydrogens (tertiary/aromatic N) is 5. The Bertz CT molecular complexity index is 1600. The van der Waals surface area contributed by atoms with Crippen molar-refractivity contribution >= 4 is 34.2 Å². The van der Waals surface area contributed by atoms with E-state index in [0.717, 1.165) is 58.9 Å². The Kier molecular flexibility index (Phi) is 6.89. The summed E-state index contributed by atoms with van der Waals surface area (Å²) < 4.78 is 5.87. The second-order valence-electron chi connectivity index (χ2n) is 10.6. The van der Waals surface area contributed by atoms with Crippen molar-refractivity contribution in [3.8, 4) is 11.4 Å². The molecule has 0 radical (unpaired) electrons. The van der Waals surface area contributed by atoms with Gasteiger partial charge < -0.3 is 19.9 Å². The summed E-state index contributed by atoms with van der Waals surface area (Å²) >= 11 is 0. The first-order valence-electron chi connectivity index (χ1n) is 13.7. The van der Waals surface area contributed by atoms with Gasteiger partial charge in [0.15, 0.2) is 0 Å². The van der Waals surface area contributed by atoms with Gasteiger partial charge in [-0.25, -0.2) is 9.97 Å². The van der Waals surface area contributed by atoms with Crippen molar-refractivity contribution in [2.24, 2.45) is 0 Å². The van der Waals surface area contributed by atoms with E-state index in [4.69, 9.17) is 14.7 Å². The number of aromatic nitrogens is 3. The molecule has 6 rings (SSSR count). The summed E-state index contributed by atoms with van der Waals surface area (Å²) in [6.07, 6.45) is 2.88. The van der Waals surface area contributed by atoms with Crippen LogP contribution in [0.1, 0.15) is 42.4 Å². The van der Waals surface area contributed by atoms with Crippen LogP contribution in [0.5, 0.6) is 0 Å². The van der Waals surface area contributed by atoms with Gasteiger partial charge in [0.05, 0.1) is 41.4 Å². The Balaban J connectivity index is 1.18. The highest BCUT2D eigenvalue weighted by molar-refractivity contribution is 5.99. The Morgan fingerprint density at radius 1 is 1.00 bits per heavy atom. The van der Waals surface area contributed by atoms with Crippen LogP contribution in [-0.4, -0.2) is 58.6 Å². The number of fused-ring (bicyclic) bond motifs is 2. The predicted octanol–water partition coefficient (Wildman–Crippen LogP) is 4.14. The molecule has 0 unspecified atom stereocenters. The molecule has 1 N–H and O–H groups in total. The van der Waals surface area contributed by atoms with E-state index in [1.807, 2.05) is 42.5 Å². The van der Waals surface area contributed by atoms with E-state index in [1.54, 1.807) is 30.2 Å². The molecule has 9 nitrogen and oxygen atoms in total. The zero-order chi connectivity index (χ0) is 27.8. The van der Waals surface area contributed by atoms with Crippen molar-refractivity contribution in [1.29, 1.82) is 0 Å². The zero-order valence-electron chi connectivity index (χ0n) is 22.9. The van der Waals surface area contributed by atoms with E-state index in [2.05, 4.69) is 29.0 Å². The number of anilines is 2. The van der Waals surface area contributed by atoms with Gasteiger partial charge >= 0.3 is 0 Å². The number of hydrogen-bond donors (Lipinski definition) is 1. The lowest BCUT2D eigenvalue weighted by molar-refractivity contribution is -0.116. The van der Waals surface area contributed by atoms with Crippen LogP contribution >= 0.6 is 0 Å². The molecular weight excluding hydrogens is 504 g/mol. The maximum atomic E-state index is 12.9. The minimum Gasteiger partial charge on any atom is -0.372 e. The third-order valence-corrected chi connectivity index (χ3v) is 7.42. The Hall–Kier alpha value is -4.37. The molecule has 9 heteroatoms. The van der Waals surface area contributed by atoms with Crippen molar-refractivity contribution in [3.63, 3.8) is 0 Å². The second-order valence-corrected chi connectivity index (χ2v) is 10.6. The van der Waals surface area contributed by atoms with Crippen LogP contribution in [0.4, 0.5) is 11.5 Å². The molecule has 3 aromatic heterocycles. The van der Waals surface area contributed by atoms with E-state index in [-0.39, 0.29) is 30.6 Å². The molecule has 0 bridgehead atoms. The number of ether oxygens (including phenoxy) is 1. The lowest BCUT2D eigenvalue weighted by atomic mass is 10.1. The summed E-state index contributed by atoms with van der Waals surface area (Å²) in [7, 11) is 0. The summed E-state index contributed by atoms with van der Waals surface area (Å²) in [6, 6.07) is 17.4. The van der Waals surface area contributed by atoms with Gasteiger partial charge in [0.2, 0.25) is 5.91 Å². The number of amides is 2. The first kappa shape index (κ1) is 25.9. The van der Waals surface area contributed by atoms with Gasteiger partial charge in [0, 0.05) is 49.4 Å². The number of benzene rings is 1. The molecule has 2 aliphatic rings. The van der Waals surface area contributed by atoms with Crippen LogP contribution in [0.3, 0.4) is 0 Å². The number of nitrogens with one attached hydrogen (secondary N) is 1. The Labute approximate surface area is 233 Å². The van der Waals surface area contributed by atoms with Crippen LogP contribution in [0.2, 0.25) is 0 Å². The Morgan fingerprint density at radius 3 is 2.60 bits per heavy atom. The number of pyridine rings is 3. The van der Waals surface area contributed by atoms with Crippen molar-refractivity contribution < 1.29 is 14.3 Å². The summed E-state index contributed by atoms with van der Waals surface area (Å²) in [5.41, 5.74) is 5.48. The average molecular weight is 537 g/mol. The predicted molar refractivity (Wildman–Crippen MR) is 154 cm³/mol. The molecule has 2 aliphatic heterocycles. The number of carbonyl (C=O) groups excluding carboxylic acids is 2. The monoisotopic (exact) mass is 536 g/mol. The summed E-state index contributed by atoms with van der Waals surface area (Å²) in [6.45, 7) is 8.22. The first-order chi connectivity index (χ1) is 19.3. The van der Waals surface area contributed by atoms with E-state index in [1.165, 1.54) is 0 Å². The third kappa shape index (κ3) is 5.24. The summed E-state index contributed by atoms with van der Waals surface area (Å²) in [4.78, 5) is 43.1. The molecular formula is C31H32N6O3. The number of morpholine rings is 1. The lowest BCUT2D eigenvalue weighted by Crippen LogP contribution is -2.45. The largest absolute Gasteiger partial charge is 0.372 e. The van der Waals surface area contributed by atoms with Crippen molar-refractivity contribution in [3.05, 3.63) is 77.6 Å². The molecule has 1 fully saturated rings. The van der Waals surface area contributed by atoms with Crippen molar-refractivity contribution in [2.75, 3.05) is 29.4 Å². The fraction of sp³-hybridized carbons (Fsp3) is 0.323. The van der Waals surface area contributed by atoms with E-state index < -0.39 is 0 Å². The topological polar surface area (TPSA) is 101 Å². The molecule has 204 valence electrons. The molecule has 1 aromatic carbocycles. The Morgan fingerprint density at radius 2 is 1.80 bits per heavy atom. The minimum absolute atomic E-state index is 0.0178. The van der Waals surface area contributed by atoms with Gasteiger partial charge in [-0.2, -0.15) is 0 Å². The SMILES string of the molecule is CC(=O)N1CCc2ccc(C(=O)NCc3cc4nc(-c5cccc(N6C[C@@H](C)O[C@@H](C)C6)n5)ccc4cn3)cc21. The zero-order valence-corrected chi connectivity index (χ0v) is 22.9. The third-order valence-electron chi connectivity index (χ3n) is 7.42. The minimum atomic E-state index is -0.213. The van der Waals surface area contributed by atoms with Crippen LogP contribution < -0.4 is 15.1 Å². The molecule has 2 atom stereocenters. The van der Waals surface area contributed by atoms with Crippen LogP contribution in [0.25, 0.3) is 22.3 Å². The smallest absolute Gasteiger partial charge is 0.251 e. The summed E-state index contributed by atoms with van der Waals surface area (Å²) in [5, 5.41) is 3.86. The van der Waals surface area contributed by atoms with Crippen molar-refractivity contribution in [1.82, 2.24) is 20.3 Å². The van der Waals surface area contributed by atoms with Crippen LogP contribution in [0.15, 0.2) is 60.8 Å². The maximum absolute atomic E-state index is 12.9. The average Bonchev–Trinajstić information content (AvgIpc) is 3.39. The van der Waals surface area contributed by atoms with Crippen molar-refractivity contribution in [2.45, 2.75) is 45.9 Å². The quantitative estimate of drug-likeness (QED) is 0.409. The number of rotatable bonds is 5. The molecule has 0 aliphatic carbocycles. The highest BCUT2D eigenvalue weighted by atomic mass is 16.5. The molecule has 40 heavy (non-hydrogen) atoms. The van der Waals surface area contributed by atoms with E-state index in [0.29, 0.717) is 17.8 Å². The molecule has 0 spiro atoms. The molecule has 1 saturated heterocycles. The van der Waals surface area contributed by atoms with Gasteiger partial charge in [-0.3, -0.25) is 14.6 Å². The highest BCUT2D eigenvalue weighted by Crippen LogP contribution is 2.29. The van der Waals surface area contributed by atoms with Gasteiger partial charge in [-0.15, -0.1) is 0 Å². The number of carbonyl (C=O) groups is 2. The van der Waals surface area contributed by atoms with E-state index in [9.17, 15) is 9.59 Å². The van der Waals surface area contributed by atoms with Gasteiger partial charge in [-0.05, 0) is 68.3 Å². The van der Waals surface area contributed by atoms with Crippen LogP contribution in [0, 0.1) is 0 Å².